The maximum Gasteiger partial charge on any atom is 0.114 e. The number of hydrogen-bond donors (Lipinski definition) is 1. The first kappa shape index (κ1) is 10.8. The molecule has 0 amide bonds. The van der Waals surface area contributed by atoms with E-state index in [1.165, 1.54) is 11.3 Å². The number of rotatable bonds is 3. The predicted octanol–water partition coefficient (Wildman–Crippen LogP) is 1.29. The lowest BCUT2D eigenvalue weighted by molar-refractivity contribution is 0.706. The standard InChI is InChI=1S/C12H16N4/c1-9-11(6-7-13)16(2)15-12(9)10-5-3-4-8-14-10/h3-5,8H,6-7,13H2,1-2H3. The molecule has 0 fully saturated rings. The van der Waals surface area contributed by atoms with Crippen molar-refractivity contribution in [1.82, 2.24) is 14.8 Å². The summed E-state index contributed by atoms with van der Waals surface area (Å²) in [6.45, 7) is 2.71. The zero-order chi connectivity index (χ0) is 11.5. The van der Waals surface area contributed by atoms with Crippen LogP contribution in [0.2, 0.25) is 0 Å². The second-order valence-corrected chi connectivity index (χ2v) is 3.80. The van der Waals surface area contributed by atoms with Crippen LogP contribution in [0.5, 0.6) is 0 Å². The molecule has 0 aliphatic heterocycles. The maximum absolute atomic E-state index is 5.59. The fraction of sp³-hybridized carbons (Fsp3) is 0.333. The van der Waals surface area contributed by atoms with Crippen molar-refractivity contribution in [3.05, 3.63) is 35.7 Å². The molecule has 0 aliphatic rings. The van der Waals surface area contributed by atoms with E-state index in [1.54, 1.807) is 6.20 Å². The van der Waals surface area contributed by atoms with Gasteiger partial charge in [0, 0.05) is 25.4 Å². The Morgan fingerprint density at radius 2 is 2.19 bits per heavy atom. The highest BCUT2D eigenvalue weighted by Gasteiger charge is 2.13. The summed E-state index contributed by atoms with van der Waals surface area (Å²) >= 11 is 0. The first-order valence-corrected chi connectivity index (χ1v) is 5.38. The van der Waals surface area contributed by atoms with E-state index >= 15 is 0 Å². The molecule has 2 N–H and O–H groups in total. The Hall–Kier alpha value is -1.68. The second-order valence-electron chi connectivity index (χ2n) is 3.80. The summed E-state index contributed by atoms with van der Waals surface area (Å²) in [5.74, 6) is 0. The van der Waals surface area contributed by atoms with E-state index in [0.29, 0.717) is 6.54 Å². The zero-order valence-electron chi connectivity index (χ0n) is 9.64. The molecule has 4 heteroatoms. The molecular formula is C12H16N4. The lowest BCUT2D eigenvalue weighted by Gasteiger charge is -2.00. The molecule has 0 radical (unpaired) electrons. The minimum Gasteiger partial charge on any atom is -0.330 e. The summed E-state index contributed by atoms with van der Waals surface area (Å²) < 4.78 is 1.90. The molecule has 2 heterocycles. The van der Waals surface area contributed by atoms with E-state index in [2.05, 4.69) is 17.0 Å². The molecule has 0 aliphatic carbocycles. The van der Waals surface area contributed by atoms with E-state index in [9.17, 15) is 0 Å². The van der Waals surface area contributed by atoms with Crippen molar-refractivity contribution in [3.63, 3.8) is 0 Å². The SMILES string of the molecule is Cc1c(-c2ccccn2)nn(C)c1CCN. The van der Waals surface area contributed by atoms with Gasteiger partial charge in [-0.2, -0.15) is 5.10 Å². The number of nitrogens with two attached hydrogens (primary N) is 1. The van der Waals surface area contributed by atoms with Crippen molar-refractivity contribution < 1.29 is 0 Å². The number of aromatic nitrogens is 3. The van der Waals surface area contributed by atoms with Crippen LogP contribution in [0.3, 0.4) is 0 Å². The highest BCUT2D eigenvalue weighted by atomic mass is 15.3. The van der Waals surface area contributed by atoms with Crippen LogP contribution in [0.4, 0.5) is 0 Å². The van der Waals surface area contributed by atoms with Gasteiger partial charge >= 0.3 is 0 Å². The van der Waals surface area contributed by atoms with Crippen LogP contribution in [0.25, 0.3) is 11.4 Å². The summed E-state index contributed by atoms with van der Waals surface area (Å²) in [7, 11) is 1.95. The lowest BCUT2D eigenvalue weighted by Crippen LogP contribution is -2.08. The smallest absolute Gasteiger partial charge is 0.114 e. The molecule has 0 bridgehead atoms. The number of pyridine rings is 1. The molecule has 0 spiro atoms. The third-order valence-electron chi connectivity index (χ3n) is 2.72. The van der Waals surface area contributed by atoms with Crippen molar-refractivity contribution in [3.8, 4) is 11.4 Å². The highest BCUT2D eigenvalue weighted by molar-refractivity contribution is 5.59. The van der Waals surface area contributed by atoms with E-state index in [-0.39, 0.29) is 0 Å². The first-order valence-electron chi connectivity index (χ1n) is 5.38. The minimum atomic E-state index is 0.641. The van der Waals surface area contributed by atoms with Gasteiger partial charge in [-0.15, -0.1) is 0 Å². The zero-order valence-corrected chi connectivity index (χ0v) is 9.64. The van der Waals surface area contributed by atoms with Gasteiger partial charge in [0.2, 0.25) is 0 Å². The summed E-state index contributed by atoms with van der Waals surface area (Å²) in [6, 6.07) is 5.85. The fourth-order valence-corrected chi connectivity index (χ4v) is 1.90. The van der Waals surface area contributed by atoms with Gasteiger partial charge in [-0.1, -0.05) is 6.07 Å². The van der Waals surface area contributed by atoms with Gasteiger partial charge in [-0.05, 0) is 31.2 Å². The Labute approximate surface area is 95.1 Å². The fourth-order valence-electron chi connectivity index (χ4n) is 1.90. The molecule has 0 aromatic carbocycles. The minimum absolute atomic E-state index is 0.641. The molecule has 2 rings (SSSR count). The molecule has 0 saturated carbocycles. The summed E-state index contributed by atoms with van der Waals surface area (Å²) in [5.41, 5.74) is 9.81. The van der Waals surface area contributed by atoms with Crippen molar-refractivity contribution in [2.45, 2.75) is 13.3 Å². The quantitative estimate of drug-likeness (QED) is 0.841. The summed E-state index contributed by atoms with van der Waals surface area (Å²) in [4.78, 5) is 4.32. The molecule has 2 aromatic heterocycles. The molecular weight excluding hydrogens is 200 g/mol. The van der Waals surface area contributed by atoms with Crippen molar-refractivity contribution >= 4 is 0 Å². The van der Waals surface area contributed by atoms with E-state index in [1.807, 2.05) is 29.9 Å². The van der Waals surface area contributed by atoms with Crippen LogP contribution >= 0.6 is 0 Å². The monoisotopic (exact) mass is 216 g/mol. The molecule has 16 heavy (non-hydrogen) atoms. The number of hydrogen-bond acceptors (Lipinski definition) is 3. The first-order chi connectivity index (χ1) is 7.74. The average molecular weight is 216 g/mol. The molecule has 4 nitrogen and oxygen atoms in total. The summed E-state index contributed by atoms with van der Waals surface area (Å²) in [5, 5.41) is 4.50. The lowest BCUT2D eigenvalue weighted by atomic mass is 10.1. The van der Waals surface area contributed by atoms with Gasteiger partial charge < -0.3 is 5.73 Å². The van der Waals surface area contributed by atoms with E-state index in [0.717, 1.165) is 17.8 Å². The Balaban J connectivity index is 2.47. The van der Waals surface area contributed by atoms with Crippen molar-refractivity contribution in [1.29, 1.82) is 0 Å². The van der Waals surface area contributed by atoms with Gasteiger partial charge in [-0.25, -0.2) is 0 Å². The van der Waals surface area contributed by atoms with Gasteiger partial charge in [0.25, 0.3) is 0 Å². The van der Waals surface area contributed by atoms with Gasteiger partial charge in [-0.3, -0.25) is 9.67 Å². The average Bonchev–Trinajstić information content (AvgIpc) is 2.59. The van der Waals surface area contributed by atoms with Gasteiger partial charge in [0.05, 0.1) is 5.69 Å². The largest absolute Gasteiger partial charge is 0.330 e. The van der Waals surface area contributed by atoms with Crippen LogP contribution in [-0.4, -0.2) is 21.3 Å². The van der Waals surface area contributed by atoms with Crippen LogP contribution in [0.1, 0.15) is 11.3 Å². The molecule has 2 aromatic rings. The topological polar surface area (TPSA) is 56.7 Å². The normalized spacial score (nSPS) is 10.7. The van der Waals surface area contributed by atoms with Gasteiger partial charge in [0.1, 0.15) is 5.69 Å². The van der Waals surface area contributed by atoms with Crippen molar-refractivity contribution in [2.24, 2.45) is 12.8 Å². The Kier molecular flexibility index (Phi) is 3.01. The molecule has 0 unspecified atom stereocenters. The van der Waals surface area contributed by atoms with Crippen LogP contribution in [-0.2, 0) is 13.5 Å². The third-order valence-corrected chi connectivity index (χ3v) is 2.72. The molecule has 0 atom stereocenters. The maximum atomic E-state index is 5.59. The number of nitrogens with zero attached hydrogens (tertiary/aromatic N) is 3. The Morgan fingerprint density at radius 3 is 2.81 bits per heavy atom. The summed E-state index contributed by atoms with van der Waals surface area (Å²) in [6.07, 6.45) is 2.63. The third kappa shape index (κ3) is 1.84. The number of aryl methyl sites for hydroxylation is 1. The van der Waals surface area contributed by atoms with Crippen LogP contribution < -0.4 is 5.73 Å². The highest BCUT2D eigenvalue weighted by Crippen LogP contribution is 2.22. The Bertz CT molecular complexity index is 473. The van der Waals surface area contributed by atoms with E-state index < -0.39 is 0 Å². The molecule has 0 saturated heterocycles. The predicted molar refractivity (Wildman–Crippen MR) is 63.9 cm³/mol. The van der Waals surface area contributed by atoms with E-state index in [4.69, 9.17) is 5.73 Å². The Morgan fingerprint density at radius 1 is 1.38 bits per heavy atom. The van der Waals surface area contributed by atoms with Gasteiger partial charge in [0.15, 0.2) is 0 Å². The van der Waals surface area contributed by atoms with Crippen LogP contribution in [0, 0.1) is 6.92 Å². The van der Waals surface area contributed by atoms with Crippen molar-refractivity contribution in [2.75, 3.05) is 6.54 Å². The second kappa shape index (κ2) is 4.45. The molecule has 84 valence electrons. The van der Waals surface area contributed by atoms with Crippen LogP contribution in [0.15, 0.2) is 24.4 Å².